The molecule has 0 bridgehead atoms. The van der Waals surface area contributed by atoms with E-state index in [1.807, 2.05) is 11.8 Å². The number of amides is 1. The van der Waals surface area contributed by atoms with Gasteiger partial charge < -0.3 is 9.64 Å². The molecule has 10 heteroatoms. The Kier molecular flexibility index (Phi) is 5.81. The first-order valence-corrected chi connectivity index (χ1v) is 11.4. The van der Waals surface area contributed by atoms with Gasteiger partial charge in [-0.05, 0) is 44.0 Å². The molecule has 5 rings (SSSR count). The summed E-state index contributed by atoms with van der Waals surface area (Å²) in [5, 5.41) is 0.256. The van der Waals surface area contributed by atoms with Crippen molar-refractivity contribution in [2.75, 3.05) is 18.1 Å². The fourth-order valence-corrected chi connectivity index (χ4v) is 4.36. The van der Waals surface area contributed by atoms with Crippen molar-refractivity contribution in [2.24, 2.45) is 4.99 Å². The van der Waals surface area contributed by atoms with Crippen LogP contribution in [-0.2, 0) is 17.1 Å². The molecule has 1 aromatic carbocycles. The number of benzene rings is 1. The zero-order chi connectivity index (χ0) is 23.9. The van der Waals surface area contributed by atoms with Crippen molar-refractivity contribution in [3.8, 4) is 17.0 Å². The van der Waals surface area contributed by atoms with Crippen LogP contribution in [0.2, 0.25) is 5.02 Å². The number of carbonyl (C=O) groups is 1. The molecule has 1 unspecified atom stereocenters. The van der Waals surface area contributed by atoms with Gasteiger partial charge in [0.05, 0.1) is 10.7 Å². The van der Waals surface area contributed by atoms with Crippen LogP contribution in [0.15, 0.2) is 47.9 Å². The lowest BCUT2D eigenvalue weighted by molar-refractivity contribution is -0.128. The van der Waals surface area contributed by atoms with Crippen molar-refractivity contribution >= 4 is 29.7 Å². The minimum Gasteiger partial charge on any atom is -0.482 e. The summed E-state index contributed by atoms with van der Waals surface area (Å²) in [7, 11) is 0. The Morgan fingerprint density at radius 2 is 2.15 bits per heavy atom. The van der Waals surface area contributed by atoms with E-state index in [0.717, 1.165) is 13.0 Å². The second-order valence-corrected chi connectivity index (χ2v) is 8.81. The van der Waals surface area contributed by atoms with E-state index >= 15 is 0 Å². The van der Waals surface area contributed by atoms with Gasteiger partial charge in [0.1, 0.15) is 11.4 Å². The van der Waals surface area contributed by atoms with Gasteiger partial charge in [-0.2, -0.15) is 8.78 Å². The lowest BCUT2D eigenvalue weighted by Crippen LogP contribution is -2.47. The van der Waals surface area contributed by atoms with E-state index in [1.54, 1.807) is 36.7 Å². The van der Waals surface area contributed by atoms with Gasteiger partial charge >= 0.3 is 0 Å². The Hall–Kier alpha value is -3.33. The number of rotatable bonds is 5. The summed E-state index contributed by atoms with van der Waals surface area (Å²) < 4.78 is 34.8. The highest BCUT2D eigenvalue weighted by Gasteiger charge is 2.44. The third-order valence-corrected chi connectivity index (χ3v) is 6.48. The van der Waals surface area contributed by atoms with Gasteiger partial charge in [-0.3, -0.25) is 14.7 Å². The fraction of sp³-hybridized carbons (Fsp3) is 0.333. The Morgan fingerprint density at radius 1 is 1.29 bits per heavy atom. The van der Waals surface area contributed by atoms with E-state index in [2.05, 4.69) is 15.0 Å². The number of allylic oxidation sites excluding steroid dienone is 1. The molecule has 1 amide bonds. The van der Waals surface area contributed by atoms with Crippen molar-refractivity contribution < 1.29 is 18.3 Å². The maximum atomic E-state index is 14.6. The molecule has 1 aliphatic carbocycles. The number of ether oxygens (including phenoxy) is 1. The van der Waals surface area contributed by atoms with Crippen LogP contribution in [0.25, 0.3) is 11.3 Å². The Bertz CT molecular complexity index is 1210. The maximum Gasteiger partial charge on any atom is 0.290 e. The minimum absolute atomic E-state index is 0.193. The number of anilines is 1. The third kappa shape index (κ3) is 4.16. The molecule has 2 aromatic rings. The fourth-order valence-electron chi connectivity index (χ4n) is 4.13. The molecule has 1 atom stereocenters. The highest BCUT2D eigenvalue weighted by molar-refractivity contribution is 6.32. The number of nitrogens with zero attached hydrogens (tertiary/aromatic N) is 5. The van der Waals surface area contributed by atoms with Crippen molar-refractivity contribution in [1.29, 1.82) is 0 Å². The van der Waals surface area contributed by atoms with Gasteiger partial charge in [-0.1, -0.05) is 11.6 Å². The van der Waals surface area contributed by atoms with Gasteiger partial charge in [0, 0.05) is 54.9 Å². The van der Waals surface area contributed by atoms with Crippen LogP contribution in [0, 0.1) is 0 Å². The Labute approximate surface area is 200 Å². The van der Waals surface area contributed by atoms with E-state index in [9.17, 15) is 13.6 Å². The molecule has 0 N–H and O–H groups in total. The predicted molar refractivity (Wildman–Crippen MR) is 125 cm³/mol. The molecule has 1 aromatic heterocycles. The first kappa shape index (κ1) is 22.5. The van der Waals surface area contributed by atoms with E-state index in [-0.39, 0.29) is 42.1 Å². The molecule has 0 radical (unpaired) electrons. The van der Waals surface area contributed by atoms with Crippen LogP contribution in [0.3, 0.4) is 0 Å². The normalized spacial score (nSPS) is 20.2. The monoisotopic (exact) mass is 485 g/mol. The topological polar surface area (TPSA) is 70.9 Å². The van der Waals surface area contributed by atoms with Crippen LogP contribution in [0.1, 0.15) is 31.0 Å². The molecule has 1 saturated heterocycles. The van der Waals surface area contributed by atoms with Crippen LogP contribution in [-0.4, -0.2) is 46.2 Å². The van der Waals surface area contributed by atoms with Crippen molar-refractivity contribution in [3.63, 3.8) is 0 Å². The zero-order valence-electron chi connectivity index (χ0n) is 18.4. The predicted octanol–water partition coefficient (Wildman–Crippen LogP) is 4.71. The summed E-state index contributed by atoms with van der Waals surface area (Å²) >= 11 is 6.45. The molecule has 3 aliphatic rings. The molecule has 0 spiro atoms. The largest absolute Gasteiger partial charge is 0.482 e. The van der Waals surface area contributed by atoms with Crippen LogP contribution >= 0.6 is 11.6 Å². The molecule has 0 saturated carbocycles. The Morgan fingerprint density at radius 3 is 2.88 bits per heavy atom. The number of fused-ring (bicyclic) bond motifs is 1. The summed E-state index contributed by atoms with van der Waals surface area (Å²) in [5.74, 6) is -2.66. The van der Waals surface area contributed by atoms with Crippen molar-refractivity contribution in [3.05, 3.63) is 59.2 Å². The highest BCUT2D eigenvalue weighted by atomic mass is 35.5. The van der Waals surface area contributed by atoms with Crippen LogP contribution < -0.4 is 9.64 Å². The van der Waals surface area contributed by atoms with Crippen LogP contribution in [0.5, 0.6) is 5.75 Å². The molecule has 2 aliphatic heterocycles. The second kappa shape index (κ2) is 8.79. The third-order valence-electron chi connectivity index (χ3n) is 6.18. The molecule has 34 heavy (non-hydrogen) atoms. The summed E-state index contributed by atoms with van der Waals surface area (Å²) in [6.45, 7) is 2.52. The number of aromatic nitrogens is 2. The summed E-state index contributed by atoms with van der Waals surface area (Å²) in [6, 6.07) is 5.17. The Balaban J connectivity index is 1.40. The second-order valence-electron chi connectivity index (χ2n) is 8.41. The van der Waals surface area contributed by atoms with E-state index in [4.69, 9.17) is 16.3 Å². The number of aliphatic imine (C=N–C) groups is 1. The number of alkyl halides is 2. The van der Waals surface area contributed by atoms with Gasteiger partial charge in [0.25, 0.3) is 11.8 Å². The van der Waals surface area contributed by atoms with Gasteiger partial charge in [0.2, 0.25) is 5.95 Å². The number of carbonyl (C=O) groups excluding carboxylic acids is 1. The van der Waals surface area contributed by atoms with Crippen molar-refractivity contribution in [2.45, 2.75) is 38.2 Å². The van der Waals surface area contributed by atoms with Gasteiger partial charge in [-0.15, -0.1) is 0 Å². The number of halogens is 3. The molecule has 176 valence electrons. The van der Waals surface area contributed by atoms with Gasteiger partial charge in [-0.25, -0.2) is 9.97 Å². The number of hydrogen-bond acceptors (Lipinski definition) is 6. The molecule has 3 heterocycles. The first-order valence-electron chi connectivity index (χ1n) is 11.0. The van der Waals surface area contributed by atoms with E-state index in [0.29, 0.717) is 28.5 Å². The lowest BCUT2D eigenvalue weighted by atomic mass is 10.0. The summed E-state index contributed by atoms with van der Waals surface area (Å²) in [6.07, 6.45) is 8.68. The molecular weight excluding hydrogens is 464 g/mol. The van der Waals surface area contributed by atoms with E-state index in [1.165, 1.54) is 17.3 Å². The smallest absolute Gasteiger partial charge is 0.290 e. The number of hydrogen-bond donors (Lipinski definition) is 0. The minimum atomic E-state index is -2.98. The standard InChI is InChI=1S/C24H22ClF2N5O2/c1-15-6-11-32(15)23-29-21(17-5-7-24(26,27)22(17)30-23)16-3-4-19(18(25)13-16)34-14-20(33)31-10-2-8-28-9-12-31/h2-4,8-10,12-13,15H,5-7,11,14H2,1H3. The van der Waals surface area contributed by atoms with E-state index < -0.39 is 5.92 Å². The van der Waals surface area contributed by atoms with Crippen molar-refractivity contribution in [1.82, 2.24) is 14.9 Å². The highest BCUT2D eigenvalue weighted by Crippen LogP contribution is 2.45. The van der Waals surface area contributed by atoms with Gasteiger partial charge in [0.15, 0.2) is 6.61 Å². The lowest BCUT2D eigenvalue weighted by Gasteiger charge is -2.39. The average Bonchev–Trinajstić information content (AvgIpc) is 2.98. The summed E-state index contributed by atoms with van der Waals surface area (Å²) in [5.41, 5.74) is 1.31. The molecule has 7 nitrogen and oxygen atoms in total. The maximum absolute atomic E-state index is 14.6. The van der Waals surface area contributed by atoms with Crippen LogP contribution in [0.4, 0.5) is 14.7 Å². The molecule has 1 fully saturated rings. The zero-order valence-corrected chi connectivity index (χ0v) is 19.2. The molecular formula is C24H22ClF2N5O2. The quantitative estimate of drug-likeness (QED) is 0.613. The average molecular weight is 486 g/mol. The summed E-state index contributed by atoms with van der Waals surface area (Å²) in [4.78, 5) is 28.5. The first-order chi connectivity index (χ1) is 16.3. The SMILES string of the molecule is CC1CCN1c1nc(-c2ccc(OCC(=O)N3C=CC=NC=C3)c(Cl)c2)c2c(n1)C(F)(F)CC2.